The third kappa shape index (κ3) is 4.87. The second-order valence-electron chi connectivity index (χ2n) is 10.4. The summed E-state index contributed by atoms with van der Waals surface area (Å²) in [6.45, 7) is 3.71. The summed E-state index contributed by atoms with van der Waals surface area (Å²) in [6.07, 6.45) is 10.3. The van der Waals surface area contributed by atoms with Crippen LogP contribution in [0.3, 0.4) is 0 Å². The maximum atomic E-state index is 11.7. The van der Waals surface area contributed by atoms with Crippen LogP contribution in [0.15, 0.2) is 33.8 Å². The van der Waals surface area contributed by atoms with E-state index in [1.54, 1.807) is 12.4 Å². The largest absolute Gasteiger partial charge is 0.439 e. The predicted octanol–water partition coefficient (Wildman–Crippen LogP) is 4.28. The number of anilines is 1. The molecule has 0 unspecified atom stereocenters. The van der Waals surface area contributed by atoms with Crippen LogP contribution in [-0.4, -0.2) is 54.0 Å². The van der Waals surface area contributed by atoms with E-state index in [2.05, 4.69) is 31.5 Å². The lowest BCUT2D eigenvalue weighted by Crippen LogP contribution is -2.32. The number of nitrogens with one attached hydrogen (secondary N) is 1. The van der Waals surface area contributed by atoms with Crippen molar-refractivity contribution < 1.29 is 9.63 Å². The number of imidazole rings is 1. The van der Waals surface area contributed by atoms with Crippen molar-refractivity contribution >= 4 is 28.6 Å². The molecule has 4 aromatic heterocycles. The van der Waals surface area contributed by atoms with Gasteiger partial charge in [0, 0.05) is 37.1 Å². The molecule has 2 N–H and O–H groups in total. The second kappa shape index (κ2) is 9.90. The number of aliphatic hydroxyl groups is 1. The Morgan fingerprint density at radius 3 is 2.65 bits per heavy atom. The van der Waals surface area contributed by atoms with E-state index in [0.29, 0.717) is 34.9 Å². The SMILES string of the molecule is CC1CCC(Cn2c(N(CCO)C3CC3)nc3cc(-c4noc(=O)[nH]4)nc(-c4cncc(Cl)c4)c32)CC1. The van der Waals surface area contributed by atoms with E-state index in [1.807, 2.05) is 12.1 Å². The van der Waals surface area contributed by atoms with Gasteiger partial charge in [-0.1, -0.05) is 36.5 Å². The molecule has 2 fully saturated rings. The number of hydrogen-bond donors (Lipinski definition) is 2. The van der Waals surface area contributed by atoms with E-state index in [0.717, 1.165) is 47.8 Å². The highest BCUT2D eigenvalue weighted by atomic mass is 35.5. The Hall–Kier alpha value is -3.24. The zero-order valence-electron chi connectivity index (χ0n) is 20.7. The van der Waals surface area contributed by atoms with Crippen LogP contribution < -0.4 is 10.7 Å². The third-order valence-electron chi connectivity index (χ3n) is 7.53. The van der Waals surface area contributed by atoms with Gasteiger partial charge in [-0.2, -0.15) is 0 Å². The van der Waals surface area contributed by atoms with Crippen LogP contribution in [0.5, 0.6) is 0 Å². The maximum absolute atomic E-state index is 11.7. The summed E-state index contributed by atoms with van der Waals surface area (Å²) in [5, 5.41) is 14.2. The summed E-state index contributed by atoms with van der Waals surface area (Å²) in [6, 6.07) is 4.03. The van der Waals surface area contributed by atoms with Gasteiger partial charge >= 0.3 is 5.76 Å². The van der Waals surface area contributed by atoms with Crippen LogP contribution >= 0.6 is 11.6 Å². The number of aromatic nitrogens is 6. The Balaban J connectivity index is 1.58. The maximum Gasteiger partial charge on any atom is 0.439 e. The first kappa shape index (κ1) is 24.1. The molecule has 0 aromatic carbocycles. The van der Waals surface area contributed by atoms with Crippen molar-refractivity contribution in [3.63, 3.8) is 0 Å². The third-order valence-corrected chi connectivity index (χ3v) is 7.73. The zero-order chi connectivity index (χ0) is 25.5. The fraction of sp³-hybridized carbons (Fsp3) is 0.500. The minimum Gasteiger partial charge on any atom is -0.395 e. The summed E-state index contributed by atoms with van der Waals surface area (Å²) in [7, 11) is 0. The summed E-state index contributed by atoms with van der Waals surface area (Å²) < 4.78 is 7.03. The van der Waals surface area contributed by atoms with Gasteiger partial charge in [-0.15, -0.1) is 0 Å². The monoisotopic (exact) mass is 523 g/mol. The lowest BCUT2D eigenvalue weighted by molar-refractivity contribution is 0.266. The fourth-order valence-electron chi connectivity index (χ4n) is 5.45. The summed E-state index contributed by atoms with van der Waals surface area (Å²) >= 11 is 6.34. The molecular formula is C26H30ClN7O3. The van der Waals surface area contributed by atoms with Gasteiger partial charge in [-0.05, 0) is 49.7 Å². The minimum absolute atomic E-state index is 0.0510. The van der Waals surface area contributed by atoms with Crippen molar-refractivity contribution in [1.29, 1.82) is 0 Å². The molecule has 11 heteroatoms. The number of rotatable bonds is 8. The van der Waals surface area contributed by atoms with Crippen LogP contribution in [-0.2, 0) is 6.54 Å². The molecular weight excluding hydrogens is 494 g/mol. The highest BCUT2D eigenvalue weighted by Gasteiger charge is 2.34. The van der Waals surface area contributed by atoms with Gasteiger partial charge in [0.1, 0.15) is 5.69 Å². The van der Waals surface area contributed by atoms with E-state index in [-0.39, 0.29) is 12.4 Å². The van der Waals surface area contributed by atoms with E-state index < -0.39 is 5.76 Å². The van der Waals surface area contributed by atoms with Gasteiger partial charge in [-0.25, -0.2) is 14.8 Å². The lowest BCUT2D eigenvalue weighted by atomic mass is 9.83. The van der Waals surface area contributed by atoms with Crippen molar-refractivity contribution in [2.24, 2.45) is 11.8 Å². The molecule has 0 radical (unpaired) electrons. The molecule has 2 aliphatic rings. The average Bonchev–Trinajstić information content (AvgIpc) is 3.54. The van der Waals surface area contributed by atoms with Crippen LogP contribution in [0.4, 0.5) is 5.95 Å². The predicted molar refractivity (Wildman–Crippen MR) is 140 cm³/mol. The zero-order valence-corrected chi connectivity index (χ0v) is 21.5. The summed E-state index contributed by atoms with van der Waals surface area (Å²) in [4.78, 5) is 30.8. The molecule has 10 nitrogen and oxygen atoms in total. The molecule has 37 heavy (non-hydrogen) atoms. The van der Waals surface area contributed by atoms with Crippen molar-refractivity contribution in [3.05, 3.63) is 40.1 Å². The Bertz CT molecular complexity index is 1470. The summed E-state index contributed by atoms with van der Waals surface area (Å²) in [5.41, 5.74) is 3.46. The number of aliphatic hydroxyl groups excluding tert-OH is 1. The molecule has 4 aromatic rings. The van der Waals surface area contributed by atoms with Crippen molar-refractivity contribution in [2.75, 3.05) is 18.1 Å². The number of aromatic amines is 1. The smallest absolute Gasteiger partial charge is 0.395 e. The van der Waals surface area contributed by atoms with Gasteiger partial charge < -0.3 is 14.6 Å². The van der Waals surface area contributed by atoms with Crippen molar-refractivity contribution in [1.82, 2.24) is 29.7 Å². The summed E-state index contributed by atoms with van der Waals surface area (Å²) in [5.74, 6) is 1.71. The number of pyridine rings is 2. The van der Waals surface area contributed by atoms with E-state index in [1.165, 1.54) is 25.7 Å². The Kier molecular flexibility index (Phi) is 6.46. The first-order valence-electron chi connectivity index (χ1n) is 13.0. The lowest BCUT2D eigenvalue weighted by Gasteiger charge is -2.29. The number of halogens is 1. The molecule has 0 amide bonds. The Morgan fingerprint density at radius 2 is 1.97 bits per heavy atom. The molecule has 6 rings (SSSR count). The molecule has 2 aliphatic carbocycles. The van der Waals surface area contributed by atoms with Crippen molar-refractivity contribution in [2.45, 2.75) is 58.0 Å². The highest BCUT2D eigenvalue weighted by Crippen LogP contribution is 2.39. The molecule has 4 heterocycles. The van der Waals surface area contributed by atoms with Gasteiger partial charge in [0.05, 0.1) is 28.4 Å². The molecule has 0 atom stereocenters. The van der Waals surface area contributed by atoms with Gasteiger partial charge in [-0.3, -0.25) is 14.5 Å². The van der Waals surface area contributed by atoms with Crippen molar-refractivity contribution in [3.8, 4) is 22.8 Å². The van der Waals surface area contributed by atoms with Crippen LogP contribution in [0.2, 0.25) is 5.02 Å². The number of nitrogens with zero attached hydrogens (tertiary/aromatic N) is 6. The Labute approximate surface area is 218 Å². The number of hydrogen-bond acceptors (Lipinski definition) is 8. The van der Waals surface area contributed by atoms with Crippen LogP contribution in [0, 0.1) is 11.8 Å². The Morgan fingerprint density at radius 1 is 1.16 bits per heavy atom. The molecule has 0 aliphatic heterocycles. The van der Waals surface area contributed by atoms with Crippen LogP contribution in [0.1, 0.15) is 45.4 Å². The fourth-order valence-corrected chi connectivity index (χ4v) is 5.62. The van der Waals surface area contributed by atoms with Gasteiger partial charge in [0.15, 0.2) is 0 Å². The van der Waals surface area contributed by atoms with Gasteiger partial charge in [0.25, 0.3) is 0 Å². The normalized spacial score (nSPS) is 20.0. The quantitative estimate of drug-likeness (QED) is 0.350. The topological polar surface area (TPSA) is 126 Å². The average molecular weight is 524 g/mol. The van der Waals surface area contributed by atoms with E-state index >= 15 is 0 Å². The van der Waals surface area contributed by atoms with Crippen LogP contribution in [0.25, 0.3) is 33.8 Å². The molecule has 0 spiro atoms. The minimum atomic E-state index is -0.650. The molecule has 194 valence electrons. The second-order valence-corrected chi connectivity index (χ2v) is 10.8. The first-order chi connectivity index (χ1) is 18.0. The first-order valence-corrected chi connectivity index (χ1v) is 13.3. The molecule has 0 saturated heterocycles. The van der Waals surface area contributed by atoms with E-state index in [4.69, 9.17) is 26.1 Å². The highest BCUT2D eigenvalue weighted by molar-refractivity contribution is 6.30. The number of fused-ring (bicyclic) bond motifs is 1. The number of H-pyrrole nitrogens is 1. The standard InChI is InChI=1S/C26H30ClN7O3/c1-15-2-4-16(5-3-15)14-34-23-20(30-25(34)33(8-9-35)19-6-7-19)11-21(24-31-26(36)37-32-24)29-22(23)17-10-18(27)13-28-12-17/h10-13,15-16,19,35H,2-9,14H2,1H3,(H,31,32,36). The van der Waals surface area contributed by atoms with E-state index in [9.17, 15) is 9.90 Å². The molecule has 2 saturated carbocycles. The molecule has 0 bridgehead atoms. The van der Waals surface area contributed by atoms with Gasteiger partial charge in [0.2, 0.25) is 11.8 Å².